The molecule has 1 aromatic heterocycles. The Morgan fingerprint density at radius 3 is 2.80 bits per heavy atom. The van der Waals surface area contributed by atoms with Crippen LogP contribution in [-0.2, 0) is 13.5 Å². The molecule has 1 rings (SSSR count). The van der Waals surface area contributed by atoms with E-state index in [1.165, 1.54) is 16.4 Å². The van der Waals surface area contributed by atoms with Gasteiger partial charge in [0.25, 0.3) is 0 Å². The fourth-order valence-electron chi connectivity index (χ4n) is 1.28. The van der Waals surface area contributed by atoms with Crippen LogP contribution < -0.4 is 0 Å². The van der Waals surface area contributed by atoms with Crippen LogP contribution in [0.3, 0.4) is 0 Å². The molecular formula is C8H13N3O3S. The zero-order valence-corrected chi connectivity index (χ0v) is 9.45. The molecule has 0 amide bonds. The summed E-state index contributed by atoms with van der Waals surface area (Å²) in [6.07, 6.45) is 0.532. The van der Waals surface area contributed by atoms with Crippen LogP contribution in [0, 0.1) is 10.1 Å². The van der Waals surface area contributed by atoms with Crippen LogP contribution in [0.25, 0.3) is 0 Å². The van der Waals surface area contributed by atoms with Gasteiger partial charge in [-0.05, 0) is 6.42 Å². The van der Waals surface area contributed by atoms with Gasteiger partial charge in [-0.3, -0.25) is 14.8 Å². The summed E-state index contributed by atoms with van der Waals surface area (Å²) in [5.74, 6) is 0.434. The summed E-state index contributed by atoms with van der Waals surface area (Å²) in [5, 5.41) is 24.1. The summed E-state index contributed by atoms with van der Waals surface area (Å²) in [5.41, 5.74) is 0.557. The quantitative estimate of drug-likeness (QED) is 0.464. The number of nitrogens with zero attached hydrogens (tertiary/aromatic N) is 3. The lowest BCUT2D eigenvalue weighted by Crippen LogP contribution is -1.97. The molecule has 1 N–H and O–H groups in total. The fourth-order valence-corrected chi connectivity index (χ4v) is 2.12. The standard InChI is InChI=1S/C8H13N3O3S/c1-3-6-7(11(13)14)8(10(2)9-6)15-5-4-12/h12H,3-5H2,1-2H3. The molecule has 0 aromatic carbocycles. The van der Waals surface area contributed by atoms with Gasteiger partial charge in [-0.25, -0.2) is 0 Å². The highest BCUT2D eigenvalue weighted by molar-refractivity contribution is 7.99. The number of aliphatic hydroxyl groups is 1. The molecule has 0 spiro atoms. The Bertz CT molecular complexity index is 364. The average Bonchev–Trinajstić information content (AvgIpc) is 2.52. The topological polar surface area (TPSA) is 81.2 Å². The lowest BCUT2D eigenvalue weighted by molar-refractivity contribution is -0.388. The van der Waals surface area contributed by atoms with Crippen molar-refractivity contribution >= 4 is 17.4 Å². The third-order valence-corrected chi connectivity index (χ3v) is 3.01. The van der Waals surface area contributed by atoms with Crippen molar-refractivity contribution in [1.29, 1.82) is 0 Å². The van der Waals surface area contributed by atoms with E-state index in [0.29, 0.717) is 22.9 Å². The Morgan fingerprint density at radius 1 is 1.67 bits per heavy atom. The first kappa shape index (κ1) is 12.0. The summed E-state index contributed by atoms with van der Waals surface area (Å²) in [4.78, 5) is 10.4. The number of aryl methyl sites for hydroxylation is 2. The van der Waals surface area contributed by atoms with Crippen molar-refractivity contribution in [2.45, 2.75) is 18.4 Å². The summed E-state index contributed by atoms with van der Waals surface area (Å²) < 4.78 is 1.50. The van der Waals surface area contributed by atoms with Crippen LogP contribution >= 0.6 is 11.8 Å². The lowest BCUT2D eigenvalue weighted by atomic mass is 10.3. The summed E-state index contributed by atoms with van der Waals surface area (Å²) in [7, 11) is 1.67. The second-order valence-corrected chi connectivity index (χ2v) is 3.99. The van der Waals surface area contributed by atoms with Crippen LogP contribution in [0.1, 0.15) is 12.6 Å². The van der Waals surface area contributed by atoms with E-state index < -0.39 is 4.92 Å². The first-order valence-electron chi connectivity index (χ1n) is 4.55. The van der Waals surface area contributed by atoms with Crippen LogP contribution in [0.2, 0.25) is 0 Å². The van der Waals surface area contributed by atoms with Crippen molar-refractivity contribution < 1.29 is 10.0 Å². The summed E-state index contributed by atoms with van der Waals surface area (Å²) >= 11 is 1.25. The van der Waals surface area contributed by atoms with Crippen LogP contribution in [0.5, 0.6) is 0 Å². The maximum absolute atomic E-state index is 10.9. The second-order valence-electron chi connectivity index (χ2n) is 2.91. The molecule has 1 heterocycles. The Morgan fingerprint density at radius 2 is 2.33 bits per heavy atom. The molecule has 0 radical (unpaired) electrons. The second kappa shape index (κ2) is 5.13. The molecule has 0 aliphatic carbocycles. The van der Waals surface area contributed by atoms with Gasteiger partial charge in [-0.1, -0.05) is 18.7 Å². The van der Waals surface area contributed by atoms with Gasteiger partial charge in [0, 0.05) is 12.8 Å². The van der Waals surface area contributed by atoms with E-state index in [2.05, 4.69) is 5.10 Å². The predicted molar refractivity (Wildman–Crippen MR) is 57.1 cm³/mol. The number of rotatable bonds is 5. The Labute approximate surface area is 91.4 Å². The molecule has 6 nitrogen and oxygen atoms in total. The lowest BCUT2D eigenvalue weighted by Gasteiger charge is -1.98. The number of aromatic nitrogens is 2. The molecule has 84 valence electrons. The molecular weight excluding hydrogens is 218 g/mol. The molecule has 1 aromatic rings. The number of hydrogen-bond donors (Lipinski definition) is 1. The van der Waals surface area contributed by atoms with E-state index in [-0.39, 0.29) is 12.3 Å². The van der Waals surface area contributed by atoms with Gasteiger partial charge in [-0.15, -0.1) is 0 Å². The predicted octanol–water partition coefficient (Wildman–Crippen LogP) is 0.975. The van der Waals surface area contributed by atoms with Gasteiger partial charge >= 0.3 is 5.69 Å². The van der Waals surface area contributed by atoms with Crippen molar-refractivity contribution in [3.63, 3.8) is 0 Å². The first-order chi connectivity index (χ1) is 7.11. The maximum Gasteiger partial charge on any atom is 0.323 e. The van der Waals surface area contributed by atoms with Gasteiger partial charge in [0.2, 0.25) is 0 Å². The van der Waals surface area contributed by atoms with E-state index in [9.17, 15) is 10.1 Å². The Balaban J connectivity index is 3.10. The van der Waals surface area contributed by atoms with Gasteiger partial charge in [0.1, 0.15) is 5.69 Å². The fraction of sp³-hybridized carbons (Fsp3) is 0.625. The molecule has 0 aliphatic heterocycles. The normalized spacial score (nSPS) is 10.6. The smallest absolute Gasteiger partial charge is 0.323 e. The summed E-state index contributed by atoms with van der Waals surface area (Å²) in [6, 6.07) is 0. The molecule has 15 heavy (non-hydrogen) atoms. The largest absolute Gasteiger partial charge is 0.396 e. The molecule has 0 fully saturated rings. The van der Waals surface area contributed by atoms with Crippen molar-refractivity contribution in [3.05, 3.63) is 15.8 Å². The van der Waals surface area contributed by atoms with E-state index in [4.69, 9.17) is 5.11 Å². The highest BCUT2D eigenvalue weighted by Gasteiger charge is 2.25. The zero-order chi connectivity index (χ0) is 11.4. The molecule has 0 aliphatic rings. The van der Waals surface area contributed by atoms with E-state index >= 15 is 0 Å². The minimum atomic E-state index is -0.411. The van der Waals surface area contributed by atoms with Crippen molar-refractivity contribution in [2.24, 2.45) is 7.05 Å². The monoisotopic (exact) mass is 231 g/mol. The highest BCUT2D eigenvalue weighted by Crippen LogP contribution is 2.31. The summed E-state index contributed by atoms with van der Waals surface area (Å²) in [6.45, 7) is 1.82. The number of hydrogen-bond acceptors (Lipinski definition) is 5. The molecule has 0 saturated carbocycles. The number of aliphatic hydroxyl groups excluding tert-OH is 1. The number of nitro groups is 1. The van der Waals surface area contributed by atoms with E-state index in [0.717, 1.165) is 0 Å². The highest BCUT2D eigenvalue weighted by atomic mass is 32.2. The van der Waals surface area contributed by atoms with Crippen molar-refractivity contribution in [2.75, 3.05) is 12.4 Å². The van der Waals surface area contributed by atoms with Gasteiger partial charge in [0.15, 0.2) is 5.03 Å². The number of thioether (sulfide) groups is 1. The van der Waals surface area contributed by atoms with Crippen LogP contribution in [0.15, 0.2) is 5.03 Å². The third-order valence-electron chi connectivity index (χ3n) is 1.89. The van der Waals surface area contributed by atoms with Crippen LogP contribution in [-0.4, -0.2) is 32.2 Å². The molecule has 0 bridgehead atoms. The van der Waals surface area contributed by atoms with Gasteiger partial charge in [0.05, 0.1) is 11.5 Å². The van der Waals surface area contributed by atoms with Crippen LogP contribution in [0.4, 0.5) is 5.69 Å². The minimum absolute atomic E-state index is 0.00550. The average molecular weight is 231 g/mol. The maximum atomic E-state index is 10.9. The third kappa shape index (κ3) is 2.48. The molecule has 0 unspecified atom stereocenters. The van der Waals surface area contributed by atoms with E-state index in [1.54, 1.807) is 7.05 Å². The van der Waals surface area contributed by atoms with E-state index in [1.807, 2.05) is 6.92 Å². The molecule has 0 saturated heterocycles. The SMILES string of the molecule is CCc1nn(C)c(SCCO)c1[N+](=O)[O-]. The van der Waals surface area contributed by atoms with Crippen molar-refractivity contribution in [3.8, 4) is 0 Å². The minimum Gasteiger partial charge on any atom is -0.396 e. The van der Waals surface area contributed by atoms with Gasteiger partial charge in [-0.2, -0.15) is 5.10 Å². The molecule has 0 atom stereocenters. The van der Waals surface area contributed by atoms with Gasteiger partial charge < -0.3 is 5.11 Å². The Kier molecular flexibility index (Phi) is 4.10. The zero-order valence-electron chi connectivity index (χ0n) is 8.63. The van der Waals surface area contributed by atoms with Crippen molar-refractivity contribution in [1.82, 2.24) is 9.78 Å². The Hall–Kier alpha value is -1.08. The first-order valence-corrected chi connectivity index (χ1v) is 5.54. The molecule has 7 heteroatoms.